The highest BCUT2D eigenvalue weighted by atomic mass is 79.9. The molecule has 0 saturated heterocycles. The van der Waals surface area contributed by atoms with Crippen LogP contribution in [0.2, 0.25) is 0 Å². The highest BCUT2D eigenvalue weighted by Gasteiger charge is 2.06. The van der Waals surface area contributed by atoms with Crippen molar-refractivity contribution in [2.75, 3.05) is 12.4 Å². The van der Waals surface area contributed by atoms with Gasteiger partial charge in [0.25, 0.3) is 0 Å². The van der Waals surface area contributed by atoms with Gasteiger partial charge in [-0.3, -0.25) is 9.59 Å². The first-order chi connectivity index (χ1) is 21.3. The molecule has 0 spiro atoms. The fraction of sp³-hybridized carbons (Fsp3) is 0.300. The number of aldehydes is 1. The van der Waals surface area contributed by atoms with E-state index in [4.69, 9.17) is 4.74 Å². The van der Waals surface area contributed by atoms with Crippen LogP contribution in [0.5, 0.6) is 0 Å². The Kier molecular flexibility index (Phi) is 20.5. The highest BCUT2D eigenvalue weighted by Crippen LogP contribution is 2.25. The first kappa shape index (κ1) is 41.0. The molecule has 240 valence electrons. The average molecular weight is 673 g/mol. The van der Waals surface area contributed by atoms with E-state index in [1.165, 1.54) is 22.3 Å². The van der Waals surface area contributed by atoms with Crippen molar-refractivity contribution >= 4 is 33.8 Å². The van der Waals surface area contributed by atoms with Gasteiger partial charge in [0.05, 0.1) is 12.0 Å². The first-order valence-electron chi connectivity index (χ1n) is 15.0. The Morgan fingerprint density at radius 2 is 1.36 bits per heavy atom. The van der Waals surface area contributed by atoms with Gasteiger partial charge in [-0.05, 0) is 95.0 Å². The minimum absolute atomic E-state index is 0.0124. The zero-order valence-corrected chi connectivity index (χ0v) is 30.2. The van der Waals surface area contributed by atoms with Gasteiger partial charge in [0, 0.05) is 22.8 Å². The Morgan fingerprint density at radius 3 is 1.80 bits per heavy atom. The summed E-state index contributed by atoms with van der Waals surface area (Å²) in [4.78, 5) is 22.3. The number of anilines is 1. The van der Waals surface area contributed by atoms with E-state index < -0.39 is 0 Å². The van der Waals surface area contributed by atoms with E-state index in [0.717, 1.165) is 33.1 Å². The maximum Gasteiger partial charge on any atom is 0.228 e. The minimum Gasteiger partial charge on any atom is -0.379 e. The van der Waals surface area contributed by atoms with E-state index in [2.05, 4.69) is 65.6 Å². The van der Waals surface area contributed by atoms with Crippen molar-refractivity contribution in [2.24, 2.45) is 0 Å². The number of hydrogen-bond acceptors (Lipinski definition) is 3. The van der Waals surface area contributed by atoms with E-state index >= 15 is 0 Å². The lowest BCUT2D eigenvalue weighted by molar-refractivity contribution is -0.115. The molecule has 0 aliphatic heterocycles. The number of methoxy groups -OCH3 is 1. The highest BCUT2D eigenvalue weighted by molar-refractivity contribution is 9.10. The molecule has 0 atom stereocenters. The van der Waals surface area contributed by atoms with E-state index in [1.54, 1.807) is 14.0 Å². The molecule has 4 rings (SSSR count). The molecule has 45 heavy (non-hydrogen) atoms. The van der Waals surface area contributed by atoms with Crippen molar-refractivity contribution in [3.05, 3.63) is 123 Å². The molecular weight excluding hydrogens is 622 g/mol. The predicted molar refractivity (Wildman–Crippen MR) is 197 cm³/mol. The van der Waals surface area contributed by atoms with Crippen LogP contribution in [-0.4, -0.2) is 24.9 Å². The number of carbonyl (C=O) groups excluding carboxylic acids is 2. The van der Waals surface area contributed by atoms with Gasteiger partial charge < -0.3 is 10.1 Å². The van der Waals surface area contributed by atoms with E-state index in [1.807, 2.05) is 114 Å². The van der Waals surface area contributed by atoms with E-state index in [9.17, 15) is 9.59 Å². The largest absolute Gasteiger partial charge is 0.379 e. The van der Waals surface area contributed by atoms with Crippen LogP contribution in [0.25, 0.3) is 11.1 Å². The number of aryl methyl sites for hydroxylation is 3. The Bertz CT molecular complexity index is 1440. The maximum atomic E-state index is 12.2. The molecule has 5 heteroatoms. The van der Waals surface area contributed by atoms with Crippen molar-refractivity contribution in [1.82, 2.24) is 0 Å². The number of hydrogen-bond donors (Lipinski definition) is 1. The van der Waals surface area contributed by atoms with Crippen molar-refractivity contribution < 1.29 is 14.3 Å². The molecular formula is C40H50BrNO3. The van der Waals surface area contributed by atoms with Crippen molar-refractivity contribution in [1.29, 1.82) is 0 Å². The van der Waals surface area contributed by atoms with Gasteiger partial charge in [-0.15, -0.1) is 12.3 Å². The van der Waals surface area contributed by atoms with Gasteiger partial charge in [0.1, 0.15) is 6.29 Å². The summed E-state index contributed by atoms with van der Waals surface area (Å²) in [6.45, 7) is 17.9. The zero-order valence-electron chi connectivity index (χ0n) is 28.6. The molecule has 0 aliphatic carbocycles. The van der Waals surface area contributed by atoms with Gasteiger partial charge in [-0.1, -0.05) is 108 Å². The van der Waals surface area contributed by atoms with Gasteiger partial charge in [0.15, 0.2) is 0 Å². The number of halogens is 1. The van der Waals surface area contributed by atoms with Gasteiger partial charge in [0.2, 0.25) is 5.91 Å². The summed E-state index contributed by atoms with van der Waals surface area (Å²) < 4.78 is 5.95. The molecule has 0 bridgehead atoms. The number of ether oxygens (including phenoxy) is 1. The van der Waals surface area contributed by atoms with Gasteiger partial charge >= 0.3 is 0 Å². The molecule has 1 amide bonds. The second-order valence-corrected chi connectivity index (χ2v) is 11.8. The summed E-state index contributed by atoms with van der Waals surface area (Å²) in [6, 6.07) is 29.7. The Balaban J connectivity index is 0.000000792. The predicted octanol–water partition coefficient (Wildman–Crippen LogP) is 10.8. The molecule has 1 N–H and O–H groups in total. The Hall–Kier alpha value is -3.98. The molecule has 4 aromatic rings. The van der Waals surface area contributed by atoms with Crippen LogP contribution in [0, 0.1) is 33.1 Å². The Labute approximate surface area is 280 Å². The van der Waals surface area contributed by atoms with Crippen LogP contribution in [0.15, 0.2) is 95.5 Å². The summed E-state index contributed by atoms with van der Waals surface area (Å²) in [7, 11) is 1.71. The lowest BCUT2D eigenvalue weighted by atomic mass is 9.98. The van der Waals surface area contributed by atoms with Crippen molar-refractivity contribution in [2.45, 2.75) is 74.3 Å². The van der Waals surface area contributed by atoms with Crippen molar-refractivity contribution in [3.63, 3.8) is 0 Å². The topological polar surface area (TPSA) is 55.4 Å². The third kappa shape index (κ3) is 18.4. The lowest BCUT2D eigenvalue weighted by Crippen LogP contribution is -2.15. The van der Waals surface area contributed by atoms with Crippen LogP contribution in [0.3, 0.4) is 0 Å². The second kappa shape index (κ2) is 22.5. The second-order valence-electron chi connectivity index (χ2n) is 10.9. The fourth-order valence-corrected chi connectivity index (χ4v) is 3.77. The summed E-state index contributed by atoms with van der Waals surface area (Å²) in [5, 5.41) is 2.96. The van der Waals surface area contributed by atoms with Crippen LogP contribution in [0.4, 0.5) is 5.69 Å². The van der Waals surface area contributed by atoms with E-state index in [0.29, 0.717) is 6.42 Å². The Morgan fingerprint density at radius 1 is 0.867 bits per heavy atom. The molecule has 4 aromatic carbocycles. The summed E-state index contributed by atoms with van der Waals surface area (Å²) >= 11 is 3.40. The van der Waals surface area contributed by atoms with Crippen molar-refractivity contribution in [3.8, 4) is 23.5 Å². The summed E-state index contributed by atoms with van der Waals surface area (Å²) in [6.07, 6.45) is 5.81. The third-order valence-electron chi connectivity index (χ3n) is 5.97. The molecule has 0 fully saturated rings. The molecule has 0 aliphatic rings. The number of amides is 1. The molecule has 0 aromatic heterocycles. The number of nitrogens with one attached hydrogen (secondary N) is 1. The molecule has 4 nitrogen and oxygen atoms in total. The number of rotatable bonds is 5. The third-order valence-corrected chi connectivity index (χ3v) is 6.49. The quantitative estimate of drug-likeness (QED) is 0.170. The molecule has 0 heterocycles. The van der Waals surface area contributed by atoms with Crippen LogP contribution in [-0.2, 0) is 16.0 Å². The van der Waals surface area contributed by atoms with E-state index in [-0.39, 0.29) is 11.5 Å². The van der Waals surface area contributed by atoms with Gasteiger partial charge in [-0.2, -0.15) is 0 Å². The number of benzene rings is 4. The summed E-state index contributed by atoms with van der Waals surface area (Å²) in [5.41, 5.74) is 8.66. The maximum absolute atomic E-state index is 12.2. The van der Waals surface area contributed by atoms with Crippen LogP contribution >= 0.6 is 15.9 Å². The number of terminal acetylenes is 1. The SMILES string of the molecule is C#CC.CC.COC(C)(C)C.Cc1ccc(-c2ccc(NC(=O)Cc3ccc(Br)cc3)cc2)c(C)c1.Cc1ccc(C=O)cc1. The summed E-state index contributed by atoms with van der Waals surface area (Å²) in [5.74, 6) is 2.24. The normalized spacial score (nSPS) is 9.56. The fourth-order valence-electron chi connectivity index (χ4n) is 3.51. The number of carbonyl (C=O) groups is 2. The van der Waals surface area contributed by atoms with Gasteiger partial charge in [-0.25, -0.2) is 0 Å². The van der Waals surface area contributed by atoms with Crippen LogP contribution < -0.4 is 5.32 Å². The minimum atomic E-state index is -0.0124. The average Bonchev–Trinajstić information content (AvgIpc) is 3.01. The monoisotopic (exact) mass is 671 g/mol. The molecule has 0 unspecified atom stereocenters. The first-order valence-corrected chi connectivity index (χ1v) is 15.8. The van der Waals surface area contributed by atoms with Crippen LogP contribution in [0.1, 0.15) is 74.2 Å². The zero-order chi connectivity index (χ0) is 34.4. The molecule has 0 saturated carbocycles. The molecule has 0 radical (unpaired) electrons. The smallest absolute Gasteiger partial charge is 0.228 e. The lowest BCUT2D eigenvalue weighted by Gasteiger charge is -2.14. The standard InChI is InChI=1S/C22H20BrNO.C8H8O.C5H12O.C3H4.C2H6/c1-15-3-12-21(16(2)13-15)18-6-10-20(11-7-18)24-22(25)14-17-4-8-19(23)9-5-17;1-7-2-4-8(6-9)5-3-7;1-5(2,3)6-4;1-3-2;1-2/h3-13H,14H2,1-2H3,(H,24,25);2-6H,1H3;1-4H3;1H,2H3;1-2H3.